The number of methoxy groups -OCH3 is 1. The van der Waals surface area contributed by atoms with Gasteiger partial charge in [-0.25, -0.2) is 0 Å². The first-order chi connectivity index (χ1) is 11.2. The van der Waals surface area contributed by atoms with Gasteiger partial charge in [0.25, 0.3) is 0 Å². The van der Waals surface area contributed by atoms with E-state index in [0.29, 0.717) is 13.0 Å². The SMILES string of the molecule is COc1ccc(CCNC(=O)Cc2ccc3cc[nH]c3c2)cc1. The number of H-pyrrole nitrogens is 1. The predicted octanol–water partition coefficient (Wildman–Crippen LogP) is 3.08. The molecule has 0 atom stereocenters. The molecule has 2 aromatic carbocycles. The minimum absolute atomic E-state index is 0.0458. The first kappa shape index (κ1) is 15.2. The van der Waals surface area contributed by atoms with Crippen LogP contribution in [0.5, 0.6) is 5.75 Å². The Morgan fingerprint density at radius 3 is 2.65 bits per heavy atom. The van der Waals surface area contributed by atoms with E-state index in [-0.39, 0.29) is 5.91 Å². The minimum atomic E-state index is 0.0458. The molecule has 4 nitrogen and oxygen atoms in total. The minimum Gasteiger partial charge on any atom is -0.497 e. The molecule has 0 aliphatic carbocycles. The summed E-state index contributed by atoms with van der Waals surface area (Å²) in [6.07, 6.45) is 3.12. The largest absolute Gasteiger partial charge is 0.497 e. The van der Waals surface area contributed by atoms with Gasteiger partial charge in [0.1, 0.15) is 5.75 Å². The second-order valence-electron chi connectivity index (χ2n) is 5.52. The summed E-state index contributed by atoms with van der Waals surface area (Å²) >= 11 is 0. The van der Waals surface area contributed by atoms with Crippen LogP contribution >= 0.6 is 0 Å². The summed E-state index contributed by atoms with van der Waals surface area (Å²) in [7, 11) is 1.65. The Kier molecular flexibility index (Phi) is 4.62. The quantitative estimate of drug-likeness (QED) is 0.735. The van der Waals surface area contributed by atoms with Gasteiger partial charge < -0.3 is 15.0 Å². The Morgan fingerprint density at radius 2 is 1.87 bits per heavy atom. The lowest BCUT2D eigenvalue weighted by Crippen LogP contribution is -2.27. The van der Waals surface area contributed by atoms with Crippen LogP contribution in [0.4, 0.5) is 0 Å². The molecule has 1 aromatic heterocycles. The van der Waals surface area contributed by atoms with Crippen LogP contribution in [0, 0.1) is 0 Å². The van der Waals surface area contributed by atoms with Gasteiger partial charge in [0.2, 0.25) is 5.91 Å². The average molecular weight is 308 g/mol. The number of aromatic nitrogens is 1. The monoisotopic (exact) mass is 308 g/mol. The fourth-order valence-corrected chi connectivity index (χ4v) is 2.59. The fourth-order valence-electron chi connectivity index (χ4n) is 2.59. The number of benzene rings is 2. The summed E-state index contributed by atoms with van der Waals surface area (Å²) in [5, 5.41) is 4.13. The van der Waals surface area contributed by atoms with E-state index in [4.69, 9.17) is 4.74 Å². The van der Waals surface area contributed by atoms with Gasteiger partial charge >= 0.3 is 0 Å². The van der Waals surface area contributed by atoms with E-state index in [9.17, 15) is 4.79 Å². The van der Waals surface area contributed by atoms with E-state index in [1.165, 1.54) is 5.56 Å². The van der Waals surface area contributed by atoms with Crippen LogP contribution in [0.1, 0.15) is 11.1 Å². The maximum Gasteiger partial charge on any atom is 0.224 e. The molecule has 3 rings (SSSR count). The number of hydrogen-bond acceptors (Lipinski definition) is 2. The maximum absolute atomic E-state index is 12.0. The van der Waals surface area contributed by atoms with Gasteiger partial charge in [-0.1, -0.05) is 24.3 Å². The lowest BCUT2D eigenvalue weighted by Gasteiger charge is -2.07. The molecule has 2 N–H and O–H groups in total. The third-order valence-electron chi connectivity index (χ3n) is 3.88. The summed E-state index contributed by atoms with van der Waals surface area (Å²) in [6, 6.07) is 16.0. The van der Waals surface area contributed by atoms with Gasteiger partial charge in [-0.15, -0.1) is 0 Å². The Balaban J connectivity index is 1.48. The van der Waals surface area contributed by atoms with E-state index in [1.807, 2.05) is 54.7 Å². The maximum atomic E-state index is 12.0. The Bertz CT molecular complexity index is 790. The van der Waals surface area contributed by atoms with Crippen molar-refractivity contribution in [1.82, 2.24) is 10.3 Å². The fraction of sp³-hybridized carbons (Fsp3) is 0.211. The number of carbonyl (C=O) groups is 1. The molecule has 0 saturated carbocycles. The topological polar surface area (TPSA) is 54.1 Å². The number of amides is 1. The summed E-state index contributed by atoms with van der Waals surface area (Å²) in [4.78, 5) is 15.2. The molecule has 0 fully saturated rings. The van der Waals surface area contributed by atoms with Gasteiger partial charge in [0.15, 0.2) is 0 Å². The van der Waals surface area contributed by atoms with E-state index in [2.05, 4.69) is 10.3 Å². The third-order valence-corrected chi connectivity index (χ3v) is 3.88. The third kappa shape index (κ3) is 3.92. The number of carbonyl (C=O) groups excluding carboxylic acids is 1. The highest BCUT2D eigenvalue weighted by Gasteiger charge is 2.04. The van der Waals surface area contributed by atoms with Crippen LogP contribution < -0.4 is 10.1 Å². The number of nitrogens with one attached hydrogen (secondary N) is 2. The molecule has 0 bridgehead atoms. The molecular formula is C19H20N2O2. The van der Waals surface area contributed by atoms with Gasteiger partial charge in [-0.3, -0.25) is 4.79 Å². The number of aromatic amines is 1. The number of ether oxygens (including phenoxy) is 1. The molecule has 1 heterocycles. The van der Waals surface area contributed by atoms with Crippen molar-refractivity contribution in [2.45, 2.75) is 12.8 Å². The van der Waals surface area contributed by atoms with E-state index < -0.39 is 0 Å². The summed E-state index contributed by atoms with van der Waals surface area (Å²) in [5.41, 5.74) is 3.26. The zero-order valence-electron chi connectivity index (χ0n) is 13.1. The van der Waals surface area contributed by atoms with E-state index in [0.717, 1.165) is 28.6 Å². The van der Waals surface area contributed by atoms with Crippen LogP contribution in [0.2, 0.25) is 0 Å². The first-order valence-corrected chi connectivity index (χ1v) is 7.70. The summed E-state index contributed by atoms with van der Waals surface area (Å²) < 4.78 is 5.13. The highest BCUT2D eigenvalue weighted by molar-refractivity contribution is 5.83. The first-order valence-electron chi connectivity index (χ1n) is 7.70. The number of hydrogen-bond donors (Lipinski definition) is 2. The highest BCUT2D eigenvalue weighted by Crippen LogP contribution is 2.14. The van der Waals surface area contributed by atoms with Crippen LogP contribution in [0.3, 0.4) is 0 Å². The van der Waals surface area contributed by atoms with Crippen LogP contribution in [0.15, 0.2) is 54.7 Å². The van der Waals surface area contributed by atoms with E-state index >= 15 is 0 Å². The molecular weight excluding hydrogens is 288 g/mol. The van der Waals surface area contributed by atoms with E-state index in [1.54, 1.807) is 7.11 Å². The molecule has 3 aromatic rings. The molecule has 4 heteroatoms. The van der Waals surface area contributed by atoms with Gasteiger partial charge in [0.05, 0.1) is 13.5 Å². The molecule has 0 aliphatic rings. The van der Waals surface area contributed by atoms with Crippen molar-refractivity contribution in [3.63, 3.8) is 0 Å². The normalized spacial score (nSPS) is 10.7. The van der Waals surface area contributed by atoms with Crippen molar-refractivity contribution >= 4 is 16.8 Å². The average Bonchev–Trinajstić information content (AvgIpc) is 3.03. The van der Waals surface area contributed by atoms with Crippen molar-refractivity contribution in [3.05, 3.63) is 65.9 Å². The Morgan fingerprint density at radius 1 is 1.09 bits per heavy atom. The molecule has 0 aliphatic heterocycles. The van der Waals surface area contributed by atoms with Gasteiger partial charge in [-0.05, 0) is 47.2 Å². The number of fused-ring (bicyclic) bond motifs is 1. The summed E-state index contributed by atoms with van der Waals surface area (Å²) in [6.45, 7) is 0.635. The summed E-state index contributed by atoms with van der Waals surface area (Å²) in [5.74, 6) is 0.891. The zero-order chi connectivity index (χ0) is 16.1. The molecule has 0 radical (unpaired) electrons. The van der Waals surface area contributed by atoms with Crippen molar-refractivity contribution in [1.29, 1.82) is 0 Å². The van der Waals surface area contributed by atoms with Crippen molar-refractivity contribution < 1.29 is 9.53 Å². The number of rotatable bonds is 6. The molecule has 0 unspecified atom stereocenters. The Hall–Kier alpha value is -2.75. The second kappa shape index (κ2) is 7.01. The predicted molar refractivity (Wildman–Crippen MR) is 91.7 cm³/mol. The van der Waals surface area contributed by atoms with Gasteiger partial charge in [0, 0.05) is 18.3 Å². The van der Waals surface area contributed by atoms with Crippen molar-refractivity contribution in [2.75, 3.05) is 13.7 Å². The van der Waals surface area contributed by atoms with Crippen molar-refractivity contribution in [2.24, 2.45) is 0 Å². The molecule has 118 valence electrons. The van der Waals surface area contributed by atoms with Gasteiger partial charge in [-0.2, -0.15) is 0 Å². The zero-order valence-corrected chi connectivity index (χ0v) is 13.1. The lowest BCUT2D eigenvalue weighted by molar-refractivity contribution is -0.120. The molecule has 23 heavy (non-hydrogen) atoms. The standard InChI is InChI=1S/C19H20N2O2/c1-23-17-6-3-14(4-7-17)8-10-21-19(22)13-15-2-5-16-9-11-20-18(16)12-15/h2-7,9,11-12,20H,8,10,13H2,1H3,(H,21,22). The van der Waals surface area contributed by atoms with Crippen molar-refractivity contribution in [3.8, 4) is 5.75 Å². The molecule has 1 amide bonds. The smallest absolute Gasteiger partial charge is 0.224 e. The molecule has 0 saturated heterocycles. The van der Waals surface area contributed by atoms with Crippen LogP contribution in [-0.2, 0) is 17.6 Å². The van der Waals surface area contributed by atoms with Crippen LogP contribution in [0.25, 0.3) is 10.9 Å². The molecule has 0 spiro atoms. The Labute approximate surface area is 135 Å². The van der Waals surface area contributed by atoms with Crippen LogP contribution in [-0.4, -0.2) is 24.5 Å². The lowest BCUT2D eigenvalue weighted by atomic mass is 10.1. The highest BCUT2D eigenvalue weighted by atomic mass is 16.5. The second-order valence-corrected chi connectivity index (χ2v) is 5.52.